The topological polar surface area (TPSA) is 180 Å². The molecule has 3 N–H and O–H groups in total. The molecule has 7 heterocycles. The summed E-state index contributed by atoms with van der Waals surface area (Å²) >= 11 is 0. The van der Waals surface area contributed by atoms with E-state index in [2.05, 4.69) is 30.6 Å². The van der Waals surface area contributed by atoms with Gasteiger partial charge in [0.25, 0.3) is 12.3 Å². The normalized spacial score (nSPS) is 17.9. The Kier molecular flexibility index (Phi) is 12.3. The number of unbranched alkanes of at least 4 members (excludes halogenated alkanes) is 1. The number of amides is 5. The number of imide groups is 1. The number of hydrogen-bond acceptors (Lipinski definition) is 10. The molecule has 0 aliphatic carbocycles. The molecule has 2 fully saturated rings. The Balaban J connectivity index is 0.822. The van der Waals surface area contributed by atoms with Crippen LogP contribution >= 0.6 is 0 Å². The zero-order valence-corrected chi connectivity index (χ0v) is 36.6. The minimum absolute atomic E-state index is 0.0210. The van der Waals surface area contributed by atoms with Crippen molar-refractivity contribution in [1.82, 2.24) is 45.0 Å². The molecule has 2 saturated heterocycles. The van der Waals surface area contributed by atoms with Gasteiger partial charge in [0, 0.05) is 106 Å². The monoisotopic (exact) mass is 889 g/mol. The summed E-state index contributed by atoms with van der Waals surface area (Å²) in [5.74, 6) is 0.0582. The second-order valence-electron chi connectivity index (χ2n) is 17.5. The molecule has 340 valence electrons. The molecule has 5 amide bonds. The van der Waals surface area contributed by atoms with Crippen molar-refractivity contribution in [2.45, 2.75) is 96.2 Å². The highest BCUT2D eigenvalue weighted by molar-refractivity contribution is 6.08. The number of alkyl halides is 2. The van der Waals surface area contributed by atoms with Crippen LogP contribution < -0.4 is 20.9 Å². The molecule has 16 nitrogen and oxygen atoms in total. The molecular weight excluding hydrogens is 837 g/mol. The maximum absolute atomic E-state index is 14.7. The van der Waals surface area contributed by atoms with Crippen molar-refractivity contribution >= 4 is 57.8 Å². The fourth-order valence-electron chi connectivity index (χ4n) is 9.71. The number of anilines is 3. The van der Waals surface area contributed by atoms with Gasteiger partial charge in [-0.1, -0.05) is 12.1 Å². The fourth-order valence-corrected chi connectivity index (χ4v) is 9.71. The molecule has 2 aromatic carbocycles. The smallest absolute Gasteiger partial charge is 0.264 e. The number of likely N-dealkylation sites (tertiary alicyclic amines) is 1. The van der Waals surface area contributed by atoms with Gasteiger partial charge in [-0.25, -0.2) is 13.8 Å². The standard InChI is InChI=1S/C47H53F2N11O5/c1-28(61)58-22-17-38-36(27-58)45(59-19-6-8-30-23-34(31-25-51-56(2)26-31)35(44(48)49)24-39(30)59)55-60(38)32-15-20-57(21-16-32)42(63)10-3-4-18-50-40-13-11-29-7-5-9-33(43(29)53-40)46(64)52-37-12-14-41(62)54-47(37)65/h5,7,9,11,13,23-26,32,37,44H,3-4,6,8,10,12,14-22,27H2,1-2H3,(H,50,53)(H,52,64)(H,54,62,65). The Labute approximate surface area is 374 Å². The lowest BCUT2D eigenvalue weighted by Crippen LogP contribution is -2.52. The summed E-state index contributed by atoms with van der Waals surface area (Å²) in [5.41, 5.74) is 5.60. The van der Waals surface area contributed by atoms with Gasteiger partial charge >= 0.3 is 0 Å². The van der Waals surface area contributed by atoms with Gasteiger partial charge in [-0.3, -0.25) is 38.7 Å². The molecule has 18 heteroatoms. The lowest BCUT2D eigenvalue weighted by Gasteiger charge is -2.34. The number of pyridine rings is 1. The zero-order valence-electron chi connectivity index (χ0n) is 36.6. The summed E-state index contributed by atoms with van der Waals surface area (Å²) < 4.78 is 33.1. The maximum Gasteiger partial charge on any atom is 0.264 e. The van der Waals surface area contributed by atoms with E-state index in [1.54, 1.807) is 49.2 Å². The number of fused-ring (bicyclic) bond motifs is 3. The van der Waals surface area contributed by atoms with Gasteiger partial charge in [0.15, 0.2) is 5.82 Å². The number of hydrogen-bond donors (Lipinski definition) is 3. The van der Waals surface area contributed by atoms with Gasteiger partial charge in [-0.05, 0) is 86.4 Å². The number of aryl methyl sites for hydroxylation is 2. The summed E-state index contributed by atoms with van der Waals surface area (Å²) in [6.45, 7) is 4.90. The van der Waals surface area contributed by atoms with Crippen molar-refractivity contribution in [2.75, 3.05) is 42.9 Å². The third-order valence-electron chi connectivity index (χ3n) is 13.2. The van der Waals surface area contributed by atoms with E-state index in [1.807, 2.05) is 34.1 Å². The number of rotatable bonds is 12. The van der Waals surface area contributed by atoms with Crippen LogP contribution in [-0.2, 0) is 45.6 Å². The van der Waals surface area contributed by atoms with Crippen LogP contribution in [-0.4, -0.2) is 103 Å². The van der Waals surface area contributed by atoms with Gasteiger partial charge < -0.3 is 25.3 Å². The molecule has 4 aliphatic heterocycles. The van der Waals surface area contributed by atoms with Crippen molar-refractivity contribution in [3.05, 3.63) is 82.8 Å². The van der Waals surface area contributed by atoms with Crippen LogP contribution in [0.2, 0.25) is 0 Å². The third kappa shape index (κ3) is 9.02. The molecule has 1 unspecified atom stereocenters. The summed E-state index contributed by atoms with van der Waals surface area (Å²) in [6.07, 6.45) is 6.52. The quantitative estimate of drug-likeness (QED) is 0.103. The SMILES string of the molecule is CC(=O)N1CCc2c(c(N3CCCc4cc(-c5cnn(C)c5)c(C(F)F)cc43)nn2C2CCN(C(=O)CCCCNc3ccc4cccc(C(=O)NC5CCC(=O)NC5=O)c4n3)CC2)C1. The van der Waals surface area contributed by atoms with E-state index in [0.717, 1.165) is 60.0 Å². The molecular formula is C47H53F2N11O5. The van der Waals surface area contributed by atoms with Gasteiger partial charge in [0.05, 0.1) is 29.9 Å². The van der Waals surface area contributed by atoms with Crippen LogP contribution in [0, 0.1) is 0 Å². The lowest BCUT2D eigenvalue weighted by molar-refractivity contribution is -0.135. The van der Waals surface area contributed by atoms with E-state index in [0.29, 0.717) is 92.4 Å². The van der Waals surface area contributed by atoms with Gasteiger partial charge in [0.1, 0.15) is 11.9 Å². The zero-order chi connectivity index (χ0) is 45.4. The van der Waals surface area contributed by atoms with Crippen molar-refractivity contribution < 1.29 is 32.8 Å². The van der Waals surface area contributed by atoms with E-state index in [-0.39, 0.29) is 42.2 Å². The van der Waals surface area contributed by atoms with Gasteiger partial charge in [-0.2, -0.15) is 10.2 Å². The summed E-state index contributed by atoms with van der Waals surface area (Å²) in [6, 6.07) is 11.7. The minimum Gasteiger partial charge on any atom is -0.370 e. The highest BCUT2D eigenvalue weighted by Crippen LogP contribution is 2.44. The highest BCUT2D eigenvalue weighted by atomic mass is 19.3. The number of para-hydroxylation sites is 1. The second-order valence-corrected chi connectivity index (χ2v) is 17.5. The van der Waals surface area contributed by atoms with Crippen molar-refractivity contribution in [3.8, 4) is 11.1 Å². The van der Waals surface area contributed by atoms with E-state index in [4.69, 9.17) is 10.1 Å². The van der Waals surface area contributed by atoms with Crippen molar-refractivity contribution in [1.29, 1.82) is 0 Å². The van der Waals surface area contributed by atoms with Gasteiger partial charge in [-0.15, -0.1) is 0 Å². The number of halogens is 2. The predicted molar refractivity (Wildman–Crippen MR) is 239 cm³/mol. The molecule has 0 saturated carbocycles. The number of piperidine rings is 2. The van der Waals surface area contributed by atoms with Gasteiger partial charge in [0.2, 0.25) is 23.6 Å². The molecule has 1 atom stereocenters. The van der Waals surface area contributed by atoms with E-state index in [1.165, 1.54) is 0 Å². The van der Waals surface area contributed by atoms with Crippen LogP contribution in [0.5, 0.6) is 0 Å². The predicted octanol–water partition coefficient (Wildman–Crippen LogP) is 5.74. The van der Waals surface area contributed by atoms with E-state index < -0.39 is 24.3 Å². The average Bonchev–Trinajstić information content (AvgIpc) is 3.92. The number of benzene rings is 2. The molecule has 9 rings (SSSR count). The number of carbonyl (C=O) groups is 5. The molecule has 5 aromatic rings. The molecule has 3 aromatic heterocycles. The summed E-state index contributed by atoms with van der Waals surface area (Å²) in [7, 11) is 1.77. The Morgan fingerprint density at radius 1 is 0.954 bits per heavy atom. The molecule has 0 radical (unpaired) electrons. The fraction of sp³-hybridized carbons (Fsp3) is 0.447. The Morgan fingerprint density at radius 2 is 1.78 bits per heavy atom. The lowest BCUT2D eigenvalue weighted by atomic mass is 9.92. The van der Waals surface area contributed by atoms with Crippen molar-refractivity contribution in [2.24, 2.45) is 7.05 Å². The number of nitrogens with one attached hydrogen (secondary N) is 3. The third-order valence-corrected chi connectivity index (χ3v) is 13.2. The Hall–Kier alpha value is -6.72. The first-order chi connectivity index (χ1) is 31.4. The average molecular weight is 890 g/mol. The molecule has 0 spiro atoms. The maximum atomic E-state index is 14.7. The number of nitrogens with zero attached hydrogens (tertiary/aromatic N) is 8. The first kappa shape index (κ1) is 43.5. The first-order valence-corrected chi connectivity index (χ1v) is 22.5. The Morgan fingerprint density at radius 3 is 2.54 bits per heavy atom. The van der Waals surface area contributed by atoms with Crippen LogP contribution in [0.3, 0.4) is 0 Å². The number of carbonyl (C=O) groups excluding carboxylic acids is 5. The molecule has 65 heavy (non-hydrogen) atoms. The van der Waals surface area contributed by atoms with E-state index in [9.17, 15) is 32.8 Å². The van der Waals surface area contributed by atoms with Crippen LogP contribution in [0.4, 0.5) is 26.1 Å². The summed E-state index contributed by atoms with van der Waals surface area (Å²) in [4.78, 5) is 73.6. The highest BCUT2D eigenvalue weighted by Gasteiger charge is 2.35. The van der Waals surface area contributed by atoms with Crippen LogP contribution in [0.1, 0.15) is 103 Å². The second kappa shape index (κ2) is 18.4. The minimum atomic E-state index is -2.69. The van der Waals surface area contributed by atoms with E-state index >= 15 is 0 Å². The first-order valence-electron chi connectivity index (χ1n) is 22.5. The summed E-state index contributed by atoms with van der Waals surface area (Å²) in [5, 5.41) is 18.6. The molecule has 0 bridgehead atoms. The van der Waals surface area contributed by atoms with Crippen molar-refractivity contribution in [3.63, 3.8) is 0 Å². The Bertz CT molecular complexity index is 2670. The number of aromatic nitrogens is 5. The molecule has 4 aliphatic rings. The van der Waals surface area contributed by atoms with Crippen LogP contribution in [0.15, 0.2) is 54.9 Å². The van der Waals surface area contributed by atoms with Crippen LogP contribution in [0.25, 0.3) is 22.0 Å². The largest absolute Gasteiger partial charge is 0.370 e.